The molecule has 0 nitrogen and oxygen atoms in total. The van der Waals surface area contributed by atoms with E-state index in [-0.39, 0.29) is 0 Å². The van der Waals surface area contributed by atoms with E-state index in [0.717, 1.165) is 6.42 Å². The second kappa shape index (κ2) is 6.64. The standard InChI is InChI=1S/C14H22/c1-3-5-10-14-12-9-7-6-8-11-13(14)4-2/h4-5,10H,2-3,6-9,11-12H2,1H3/b10-5-,14-13-. The third-order valence-electron chi connectivity index (χ3n) is 2.86. The zero-order valence-electron chi connectivity index (χ0n) is 9.39. The normalized spacial score (nSPS) is 24.6. The molecule has 0 radical (unpaired) electrons. The number of rotatable bonds is 3. The van der Waals surface area contributed by atoms with Crippen molar-refractivity contribution in [3.63, 3.8) is 0 Å². The summed E-state index contributed by atoms with van der Waals surface area (Å²) in [6, 6.07) is 0. The molecule has 78 valence electrons. The Hall–Kier alpha value is -0.780. The molecule has 0 heterocycles. The SMILES string of the molecule is C=C/C1=C(\C=C/CC)CCCCCC1. The molecule has 0 aromatic rings. The molecule has 0 amide bonds. The Morgan fingerprint density at radius 3 is 2.29 bits per heavy atom. The van der Waals surface area contributed by atoms with Gasteiger partial charge in [-0.1, -0.05) is 44.6 Å². The highest BCUT2D eigenvalue weighted by Gasteiger charge is 2.05. The minimum absolute atomic E-state index is 1.13. The highest BCUT2D eigenvalue weighted by atomic mass is 14.1. The van der Waals surface area contributed by atoms with Gasteiger partial charge < -0.3 is 0 Å². The third kappa shape index (κ3) is 3.53. The summed E-state index contributed by atoms with van der Waals surface area (Å²) < 4.78 is 0. The Balaban J connectivity index is 2.76. The summed E-state index contributed by atoms with van der Waals surface area (Å²) in [6.45, 7) is 6.11. The second-order valence-electron chi connectivity index (χ2n) is 3.98. The van der Waals surface area contributed by atoms with Crippen molar-refractivity contribution < 1.29 is 0 Å². The van der Waals surface area contributed by atoms with E-state index in [0.29, 0.717) is 0 Å². The van der Waals surface area contributed by atoms with Crippen LogP contribution in [-0.2, 0) is 0 Å². The zero-order chi connectivity index (χ0) is 10.2. The molecule has 0 aliphatic heterocycles. The maximum atomic E-state index is 3.92. The first-order chi connectivity index (χ1) is 6.88. The van der Waals surface area contributed by atoms with Gasteiger partial charge in [-0.2, -0.15) is 0 Å². The van der Waals surface area contributed by atoms with Crippen LogP contribution in [0.1, 0.15) is 51.9 Å². The Morgan fingerprint density at radius 1 is 1.07 bits per heavy atom. The van der Waals surface area contributed by atoms with Crippen LogP contribution >= 0.6 is 0 Å². The molecule has 1 aliphatic rings. The summed E-state index contributed by atoms with van der Waals surface area (Å²) in [5.74, 6) is 0. The van der Waals surface area contributed by atoms with Crippen LogP contribution in [0.4, 0.5) is 0 Å². The summed E-state index contributed by atoms with van der Waals surface area (Å²) in [5.41, 5.74) is 3.01. The van der Waals surface area contributed by atoms with Gasteiger partial charge in [-0.15, -0.1) is 0 Å². The molecule has 0 aromatic carbocycles. The maximum Gasteiger partial charge on any atom is -0.0276 e. The molecule has 1 rings (SSSR count). The average Bonchev–Trinajstić information content (AvgIpc) is 2.17. The second-order valence-corrected chi connectivity index (χ2v) is 3.98. The Labute approximate surface area is 88.4 Å². The molecule has 0 heteroatoms. The Kier molecular flexibility index (Phi) is 5.36. The lowest BCUT2D eigenvalue weighted by molar-refractivity contribution is 0.621. The summed E-state index contributed by atoms with van der Waals surface area (Å²) in [4.78, 5) is 0. The molecule has 1 aliphatic carbocycles. The minimum atomic E-state index is 1.13. The topological polar surface area (TPSA) is 0 Å². The highest BCUT2D eigenvalue weighted by molar-refractivity contribution is 5.32. The van der Waals surface area contributed by atoms with Gasteiger partial charge in [0.2, 0.25) is 0 Å². The first kappa shape index (κ1) is 11.3. The third-order valence-corrected chi connectivity index (χ3v) is 2.86. The lowest BCUT2D eigenvalue weighted by atomic mass is 9.93. The van der Waals surface area contributed by atoms with Gasteiger partial charge in [0.05, 0.1) is 0 Å². The van der Waals surface area contributed by atoms with E-state index in [1.54, 1.807) is 0 Å². The maximum absolute atomic E-state index is 3.92. The fourth-order valence-electron chi connectivity index (χ4n) is 1.99. The van der Waals surface area contributed by atoms with Gasteiger partial charge in [-0.05, 0) is 43.3 Å². The number of hydrogen-bond donors (Lipinski definition) is 0. The first-order valence-electron chi connectivity index (χ1n) is 5.89. The van der Waals surface area contributed by atoms with Crippen LogP contribution in [0.3, 0.4) is 0 Å². The van der Waals surface area contributed by atoms with Gasteiger partial charge >= 0.3 is 0 Å². The molecule has 0 saturated heterocycles. The van der Waals surface area contributed by atoms with E-state index >= 15 is 0 Å². The van der Waals surface area contributed by atoms with Gasteiger partial charge in [-0.3, -0.25) is 0 Å². The average molecular weight is 190 g/mol. The molecule has 0 atom stereocenters. The lowest BCUT2D eigenvalue weighted by Crippen LogP contribution is -1.93. The van der Waals surface area contributed by atoms with Crippen molar-refractivity contribution in [2.24, 2.45) is 0 Å². The molecule has 14 heavy (non-hydrogen) atoms. The largest absolute Gasteiger partial charge is 0.0988 e. The van der Waals surface area contributed by atoms with Crippen LogP contribution < -0.4 is 0 Å². The number of hydrogen-bond acceptors (Lipinski definition) is 0. The molecular weight excluding hydrogens is 168 g/mol. The smallest absolute Gasteiger partial charge is 0.0276 e. The van der Waals surface area contributed by atoms with Crippen molar-refractivity contribution in [1.29, 1.82) is 0 Å². The van der Waals surface area contributed by atoms with Crippen LogP contribution in [0, 0.1) is 0 Å². The van der Waals surface area contributed by atoms with Crippen molar-refractivity contribution in [3.8, 4) is 0 Å². The van der Waals surface area contributed by atoms with E-state index in [4.69, 9.17) is 0 Å². The Bertz CT molecular complexity index is 230. The first-order valence-corrected chi connectivity index (χ1v) is 5.89. The van der Waals surface area contributed by atoms with Crippen molar-refractivity contribution >= 4 is 0 Å². The summed E-state index contributed by atoms with van der Waals surface area (Å²) in [7, 11) is 0. The summed E-state index contributed by atoms with van der Waals surface area (Å²) >= 11 is 0. The van der Waals surface area contributed by atoms with E-state index in [1.807, 2.05) is 0 Å². The highest BCUT2D eigenvalue weighted by Crippen LogP contribution is 2.24. The fraction of sp³-hybridized carbons (Fsp3) is 0.571. The van der Waals surface area contributed by atoms with E-state index in [2.05, 4.69) is 31.7 Å². The van der Waals surface area contributed by atoms with Crippen LogP contribution in [0.2, 0.25) is 0 Å². The van der Waals surface area contributed by atoms with E-state index in [9.17, 15) is 0 Å². The van der Waals surface area contributed by atoms with Crippen LogP contribution in [-0.4, -0.2) is 0 Å². The van der Waals surface area contributed by atoms with Crippen LogP contribution in [0.25, 0.3) is 0 Å². The molecule has 0 unspecified atom stereocenters. The molecule has 0 saturated carbocycles. The Morgan fingerprint density at radius 2 is 1.71 bits per heavy atom. The van der Waals surface area contributed by atoms with Gasteiger partial charge in [0.25, 0.3) is 0 Å². The number of allylic oxidation sites excluding steroid dienone is 5. The van der Waals surface area contributed by atoms with E-state index in [1.165, 1.54) is 49.7 Å². The fourth-order valence-corrected chi connectivity index (χ4v) is 1.99. The van der Waals surface area contributed by atoms with Crippen molar-refractivity contribution in [2.45, 2.75) is 51.9 Å². The zero-order valence-corrected chi connectivity index (χ0v) is 9.39. The quantitative estimate of drug-likeness (QED) is 0.600. The van der Waals surface area contributed by atoms with Crippen molar-refractivity contribution in [1.82, 2.24) is 0 Å². The summed E-state index contributed by atoms with van der Waals surface area (Å²) in [6.07, 6.45) is 15.7. The van der Waals surface area contributed by atoms with Crippen LogP contribution in [0.5, 0.6) is 0 Å². The minimum Gasteiger partial charge on any atom is -0.0988 e. The van der Waals surface area contributed by atoms with Crippen LogP contribution in [0.15, 0.2) is 36.0 Å². The molecular formula is C14H22. The van der Waals surface area contributed by atoms with Gasteiger partial charge in [0.15, 0.2) is 0 Å². The molecule has 0 aromatic heterocycles. The molecule has 0 fully saturated rings. The van der Waals surface area contributed by atoms with E-state index < -0.39 is 0 Å². The molecule has 0 bridgehead atoms. The molecule has 0 spiro atoms. The monoisotopic (exact) mass is 190 g/mol. The van der Waals surface area contributed by atoms with Crippen molar-refractivity contribution in [3.05, 3.63) is 36.0 Å². The lowest BCUT2D eigenvalue weighted by Gasteiger charge is -2.13. The summed E-state index contributed by atoms with van der Waals surface area (Å²) in [5, 5.41) is 0. The van der Waals surface area contributed by atoms with Gasteiger partial charge in [-0.25, -0.2) is 0 Å². The van der Waals surface area contributed by atoms with Crippen molar-refractivity contribution in [2.75, 3.05) is 0 Å². The van der Waals surface area contributed by atoms with Gasteiger partial charge in [0, 0.05) is 0 Å². The predicted octanol–water partition coefficient (Wildman–Crippen LogP) is 4.79. The predicted molar refractivity (Wildman–Crippen MR) is 64.4 cm³/mol. The van der Waals surface area contributed by atoms with Gasteiger partial charge in [0.1, 0.15) is 0 Å². The molecule has 0 N–H and O–H groups in total.